The van der Waals surface area contributed by atoms with Gasteiger partial charge >= 0.3 is 0 Å². The van der Waals surface area contributed by atoms with Gasteiger partial charge in [-0.2, -0.15) is 0 Å². The molecule has 1 aliphatic carbocycles. The summed E-state index contributed by atoms with van der Waals surface area (Å²) in [7, 11) is 1.70. The standard InChI is InChI=1S/C23H23Cl2NO3/c1-13-3-4-14(17-6-5-15(24)12-19(17)25)11-18(13)20-21(27)23(26-22(20)28)9-7-16(29-2)8-10-23/h3-6,11-12,16,27H,7-10H2,1-2H3,(H,26,28). The lowest BCUT2D eigenvalue weighted by atomic mass is 9.79. The highest BCUT2D eigenvalue weighted by Crippen LogP contribution is 2.43. The molecular weight excluding hydrogens is 409 g/mol. The number of hydrogen-bond acceptors (Lipinski definition) is 3. The van der Waals surface area contributed by atoms with Crippen LogP contribution < -0.4 is 5.32 Å². The smallest absolute Gasteiger partial charge is 0.256 e. The molecule has 0 unspecified atom stereocenters. The van der Waals surface area contributed by atoms with Gasteiger partial charge < -0.3 is 15.2 Å². The maximum absolute atomic E-state index is 12.9. The Bertz CT molecular complexity index is 1010. The van der Waals surface area contributed by atoms with Crippen molar-refractivity contribution in [3.63, 3.8) is 0 Å². The Hall–Kier alpha value is -2.01. The molecular formula is C23H23Cl2NO3. The number of methoxy groups -OCH3 is 1. The van der Waals surface area contributed by atoms with Crippen molar-refractivity contribution in [2.75, 3.05) is 7.11 Å². The van der Waals surface area contributed by atoms with Gasteiger partial charge in [-0.15, -0.1) is 0 Å². The predicted molar refractivity (Wildman–Crippen MR) is 116 cm³/mol. The van der Waals surface area contributed by atoms with Gasteiger partial charge in [0, 0.05) is 22.7 Å². The third-order valence-electron chi connectivity index (χ3n) is 6.14. The topological polar surface area (TPSA) is 58.6 Å². The van der Waals surface area contributed by atoms with E-state index in [9.17, 15) is 9.90 Å². The number of carbonyl (C=O) groups excluding carboxylic acids is 1. The molecule has 29 heavy (non-hydrogen) atoms. The van der Waals surface area contributed by atoms with Crippen molar-refractivity contribution in [1.29, 1.82) is 0 Å². The molecule has 6 heteroatoms. The Balaban J connectivity index is 1.77. The van der Waals surface area contributed by atoms with Gasteiger partial charge in [-0.25, -0.2) is 0 Å². The molecule has 0 radical (unpaired) electrons. The minimum atomic E-state index is -0.693. The summed E-state index contributed by atoms with van der Waals surface area (Å²) >= 11 is 12.4. The maximum atomic E-state index is 12.9. The van der Waals surface area contributed by atoms with Crippen molar-refractivity contribution in [3.8, 4) is 11.1 Å². The van der Waals surface area contributed by atoms with Gasteiger partial charge in [-0.05, 0) is 67.5 Å². The first kappa shape index (κ1) is 20.3. The molecule has 2 N–H and O–H groups in total. The van der Waals surface area contributed by atoms with Gasteiger partial charge in [0.25, 0.3) is 5.91 Å². The van der Waals surface area contributed by atoms with Crippen LogP contribution in [0.1, 0.15) is 36.8 Å². The van der Waals surface area contributed by atoms with Crippen LogP contribution in [0, 0.1) is 6.92 Å². The third kappa shape index (κ3) is 3.54. The van der Waals surface area contributed by atoms with Crippen LogP contribution in [0.15, 0.2) is 42.2 Å². The molecule has 1 spiro atoms. The molecule has 2 aromatic carbocycles. The van der Waals surface area contributed by atoms with E-state index in [-0.39, 0.29) is 17.8 Å². The molecule has 0 bridgehead atoms. The summed E-state index contributed by atoms with van der Waals surface area (Å²) in [6, 6.07) is 11.1. The average molecular weight is 432 g/mol. The number of nitrogens with one attached hydrogen (secondary N) is 1. The molecule has 2 aromatic rings. The van der Waals surface area contributed by atoms with E-state index in [1.807, 2.05) is 31.2 Å². The van der Waals surface area contributed by atoms with Crippen molar-refractivity contribution in [2.24, 2.45) is 0 Å². The molecule has 1 saturated carbocycles. The lowest BCUT2D eigenvalue weighted by Crippen LogP contribution is -2.48. The van der Waals surface area contributed by atoms with E-state index in [0.29, 0.717) is 34.0 Å². The van der Waals surface area contributed by atoms with Crippen molar-refractivity contribution >= 4 is 34.7 Å². The van der Waals surface area contributed by atoms with E-state index in [4.69, 9.17) is 27.9 Å². The zero-order valence-electron chi connectivity index (χ0n) is 16.4. The van der Waals surface area contributed by atoms with Crippen molar-refractivity contribution in [1.82, 2.24) is 5.32 Å². The fourth-order valence-corrected chi connectivity index (χ4v) is 4.92. The molecule has 2 aliphatic rings. The number of rotatable bonds is 3. The Morgan fingerprint density at radius 2 is 1.83 bits per heavy atom. The minimum absolute atomic E-state index is 0.138. The molecule has 1 amide bonds. The molecule has 1 fully saturated rings. The highest BCUT2D eigenvalue weighted by molar-refractivity contribution is 6.36. The quantitative estimate of drug-likeness (QED) is 0.655. The van der Waals surface area contributed by atoms with Crippen molar-refractivity contribution < 1.29 is 14.6 Å². The second-order valence-electron chi connectivity index (χ2n) is 7.85. The first-order valence-corrected chi connectivity index (χ1v) is 10.5. The van der Waals surface area contributed by atoms with Gasteiger partial charge in [-0.3, -0.25) is 4.79 Å². The number of halogens is 2. The Morgan fingerprint density at radius 3 is 2.48 bits per heavy atom. The van der Waals surface area contributed by atoms with Crippen molar-refractivity contribution in [2.45, 2.75) is 44.2 Å². The van der Waals surface area contributed by atoms with E-state index in [1.165, 1.54) is 0 Å². The highest BCUT2D eigenvalue weighted by Gasteiger charge is 2.48. The van der Waals surface area contributed by atoms with E-state index >= 15 is 0 Å². The number of amides is 1. The van der Waals surface area contributed by atoms with E-state index in [0.717, 1.165) is 29.5 Å². The average Bonchev–Trinajstić information content (AvgIpc) is 2.93. The highest BCUT2D eigenvalue weighted by atomic mass is 35.5. The van der Waals surface area contributed by atoms with Crippen LogP contribution in [0.5, 0.6) is 0 Å². The van der Waals surface area contributed by atoms with Crippen molar-refractivity contribution in [3.05, 3.63) is 63.3 Å². The van der Waals surface area contributed by atoms with E-state index < -0.39 is 5.54 Å². The number of hydrogen-bond donors (Lipinski definition) is 2. The van der Waals surface area contributed by atoms with Crippen LogP contribution >= 0.6 is 23.2 Å². The summed E-state index contributed by atoms with van der Waals surface area (Å²) in [5.41, 5.74) is 2.98. The fraction of sp³-hybridized carbons (Fsp3) is 0.348. The van der Waals surface area contributed by atoms with Crippen LogP contribution in [0.4, 0.5) is 0 Å². The zero-order chi connectivity index (χ0) is 20.8. The SMILES string of the molecule is COC1CCC2(CC1)NC(=O)C(c1cc(-c3ccc(Cl)cc3Cl)ccc1C)=C2O. The van der Waals surface area contributed by atoms with Gasteiger partial charge in [0.1, 0.15) is 5.76 Å². The largest absolute Gasteiger partial charge is 0.509 e. The van der Waals surface area contributed by atoms with E-state index in [1.54, 1.807) is 19.2 Å². The number of aliphatic hydroxyl groups is 1. The second-order valence-corrected chi connectivity index (χ2v) is 8.69. The Kier molecular flexibility index (Phi) is 5.36. The first-order chi connectivity index (χ1) is 13.8. The number of benzene rings is 2. The molecule has 4 rings (SSSR count). The minimum Gasteiger partial charge on any atom is -0.509 e. The lowest BCUT2D eigenvalue weighted by molar-refractivity contribution is -0.116. The van der Waals surface area contributed by atoms with Crippen LogP contribution in [-0.2, 0) is 9.53 Å². The summed E-state index contributed by atoms with van der Waals surface area (Å²) in [6.07, 6.45) is 3.09. The van der Waals surface area contributed by atoms with Crippen LogP contribution in [-0.4, -0.2) is 29.8 Å². The summed E-state index contributed by atoms with van der Waals surface area (Å²) < 4.78 is 5.44. The molecule has 1 heterocycles. The monoisotopic (exact) mass is 431 g/mol. The summed E-state index contributed by atoms with van der Waals surface area (Å²) in [4.78, 5) is 12.9. The predicted octanol–water partition coefficient (Wildman–Crippen LogP) is 5.70. The van der Waals surface area contributed by atoms with Crippen LogP contribution in [0.25, 0.3) is 16.7 Å². The van der Waals surface area contributed by atoms with Crippen LogP contribution in [0.3, 0.4) is 0 Å². The van der Waals surface area contributed by atoms with Gasteiger partial charge in [-0.1, -0.05) is 41.4 Å². The second kappa shape index (κ2) is 7.67. The maximum Gasteiger partial charge on any atom is 0.256 e. The van der Waals surface area contributed by atoms with Gasteiger partial charge in [0.15, 0.2) is 0 Å². The summed E-state index contributed by atoms with van der Waals surface area (Å²) in [5.74, 6) is -0.0969. The van der Waals surface area contributed by atoms with Gasteiger partial charge in [0.05, 0.1) is 17.2 Å². The fourth-order valence-electron chi connectivity index (χ4n) is 4.40. The Labute approximate surface area is 180 Å². The molecule has 0 saturated heterocycles. The number of aryl methyl sites for hydroxylation is 1. The molecule has 152 valence electrons. The third-order valence-corrected chi connectivity index (χ3v) is 6.69. The van der Waals surface area contributed by atoms with Crippen LogP contribution in [0.2, 0.25) is 10.0 Å². The number of carbonyl (C=O) groups is 1. The van der Waals surface area contributed by atoms with E-state index in [2.05, 4.69) is 5.32 Å². The Morgan fingerprint density at radius 1 is 1.10 bits per heavy atom. The molecule has 0 atom stereocenters. The first-order valence-electron chi connectivity index (χ1n) is 9.70. The summed E-state index contributed by atoms with van der Waals surface area (Å²) in [5, 5.41) is 15.3. The zero-order valence-corrected chi connectivity index (χ0v) is 17.9. The molecule has 1 aliphatic heterocycles. The summed E-state index contributed by atoms with van der Waals surface area (Å²) in [6.45, 7) is 1.93. The molecule has 0 aromatic heterocycles. The normalized spacial score (nSPS) is 24.3. The number of aliphatic hydroxyl groups excluding tert-OH is 1. The number of ether oxygens (including phenoxy) is 1. The molecule has 4 nitrogen and oxygen atoms in total. The van der Waals surface area contributed by atoms with Gasteiger partial charge in [0.2, 0.25) is 0 Å². The lowest BCUT2D eigenvalue weighted by Gasteiger charge is -2.36.